The first-order valence-electron chi connectivity index (χ1n) is 20.7. The van der Waals surface area contributed by atoms with Crippen LogP contribution in [0.1, 0.15) is 188 Å². The molecular formula is C44H79NO4. The quantitative estimate of drug-likeness (QED) is 0.0377. The summed E-state index contributed by atoms with van der Waals surface area (Å²) in [4.78, 5) is 26.8. The first kappa shape index (κ1) is 47.0. The van der Waals surface area contributed by atoms with E-state index in [0.29, 0.717) is 37.9 Å². The van der Waals surface area contributed by atoms with Crippen molar-refractivity contribution >= 4 is 11.9 Å². The number of unbranched alkanes of at least 4 members (excludes halogenated alkanes) is 12. The van der Waals surface area contributed by atoms with Crippen LogP contribution in [0, 0.1) is 17.8 Å². The van der Waals surface area contributed by atoms with E-state index in [9.17, 15) is 9.59 Å². The smallest absolute Gasteiger partial charge is 0.305 e. The third-order valence-electron chi connectivity index (χ3n) is 10.0. The van der Waals surface area contributed by atoms with Crippen molar-refractivity contribution in [1.29, 1.82) is 0 Å². The monoisotopic (exact) mass is 686 g/mol. The lowest BCUT2D eigenvalue weighted by Gasteiger charge is -2.21. The molecule has 3 atom stereocenters. The van der Waals surface area contributed by atoms with Gasteiger partial charge in [0.15, 0.2) is 0 Å². The topological polar surface area (TPSA) is 55.8 Å². The van der Waals surface area contributed by atoms with Crippen molar-refractivity contribution in [3.63, 3.8) is 0 Å². The van der Waals surface area contributed by atoms with Gasteiger partial charge in [-0.15, -0.1) is 0 Å². The van der Waals surface area contributed by atoms with Crippen molar-refractivity contribution in [3.8, 4) is 0 Å². The van der Waals surface area contributed by atoms with Crippen molar-refractivity contribution in [2.75, 3.05) is 33.4 Å². The van der Waals surface area contributed by atoms with Crippen LogP contribution >= 0.6 is 0 Å². The standard InChI is InChI=1S/C44H79NO4/c1-7-11-20-27-40(5)35-38-48-43(46)32-25-18-14-16-23-30-41(34-37-45(6)10-4)31-24-17-15-19-26-33-44(47)49-39-36-42(28-21-12-8-2)29-22-13-9-3/h28,40-42H,2,7,9-11,13-20,22-27,29-39H2,1,3-6H3. The molecule has 0 aliphatic rings. The predicted octanol–water partition coefficient (Wildman–Crippen LogP) is 12.3. The zero-order valence-corrected chi connectivity index (χ0v) is 33.1. The molecular weight excluding hydrogens is 606 g/mol. The van der Waals surface area contributed by atoms with Gasteiger partial charge in [0.05, 0.1) is 13.2 Å². The highest BCUT2D eigenvalue weighted by molar-refractivity contribution is 5.69. The van der Waals surface area contributed by atoms with Gasteiger partial charge in [-0.1, -0.05) is 148 Å². The Bertz CT molecular complexity index is 897. The molecule has 0 aromatic carbocycles. The van der Waals surface area contributed by atoms with Gasteiger partial charge in [0.25, 0.3) is 0 Å². The maximum absolute atomic E-state index is 12.3. The fourth-order valence-corrected chi connectivity index (χ4v) is 6.37. The Balaban J connectivity index is 4.09. The molecule has 0 fully saturated rings. The van der Waals surface area contributed by atoms with Gasteiger partial charge in [-0.25, -0.2) is 0 Å². The average molecular weight is 686 g/mol. The fourth-order valence-electron chi connectivity index (χ4n) is 6.37. The van der Waals surface area contributed by atoms with Crippen LogP contribution in [-0.4, -0.2) is 50.2 Å². The maximum Gasteiger partial charge on any atom is 0.305 e. The second kappa shape index (κ2) is 35.8. The molecule has 284 valence electrons. The number of hydrogen-bond donors (Lipinski definition) is 0. The van der Waals surface area contributed by atoms with Crippen molar-refractivity contribution < 1.29 is 19.1 Å². The van der Waals surface area contributed by atoms with Crippen LogP contribution in [0.25, 0.3) is 0 Å². The number of carbonyl (C=O) groups excluding carboxylic acids is 2. The van der Waals surface area contributed by atoms with Gasteiger partial charge in [0, 0.05) is 12.8 Å². The van der Waals surface area contributed by atoms with Gasteiger partial charge in [-0.3, -0.25) is 9.59 Å². The Morgan fingerprint density at radius 2 is 1.16 bits per heavy atom. The lowest BCUT2D eigenvalue weighted by atomic mass is 9.91. The van der Waals surface area contributed by atoms with Gasteiger partial charge >= 0.3 is 11.9 Å². The van der Waals surface area contributed by atoms with Crippen LogP contribution in [0.15, 0.2) is 29.8 Å². The molecule has 0 heterocycles. The Labute approximate surface area is 304 Å². The zero-order valence-electron chi connectivity index (χ0n) is 33.1. The molecule has 0 radical (unpaired) electrons. The Hall–Kier alpha value is -2.02. The minimum absolute atomic E-state index is 0.0119. The Kier molecular flexibility index (Phi) is 34.3. The summed E-state index contributed by atoms with van der Waals surface area (Å²) in [5, 5.41) is 0. The number of allylic oxidation sites excluding steroid dienone is 1. The molecule has 5 nitrogen and oxygen atoms in total. The van der Waals surface area contributed by atoms with Crippen LogP contribution in [-0.2, 0) is 19.1 Å². The highest BCUT2D eigenvalue weighted by Gasteiger charge is 2.12. The minimum Gasteiger partial charge on any atom is -0.466 e. The Morgan fingerprint density at radius 3 is 1.71 bits per heavy atom. The van der Waals surface area contributed by atoms with Crippen LogP contribution in [0.2, 0.25) is 0 Å². The van der Waals surface area contributed by atoms with E-state index in [2.05, 4.69) is 63.4 Å². The lowest BCUT2D eigenvalue weighted by Crippen LogP contribution is -2.21. The first-order valence-corrected chi connectivity index (χ1v) is 20.7. The zero-order chi connectivity index (χ0) is 36.2. The molecule has 0 bridgehead atoms. The highest BCUT2D eigenvalue weighted by atomic mass is 16.5. The molecule has 0 spiro atoms. The van der Waals surface area contributed by atoms with Crippen molar-refractivity contribution in [2.45, 2.75) is 188 Å². The van der Waals surface area contributed by atoms with Crippen molar-refractivity contribution in [2.24, 2.45) is 17.8 Å². The molecule has 0 rings (SSSR count). The second-order valence-electron chi connectivity index (χ2n) is 14.7. The predicted molar refractivity (Wildman–Crippen MR) is 209 cm³/mol. The van der Waals surface area contributed by atoms with E-state index in [4.69, 9.17) is 9.47 Å². The molecule has 5 heteroatoms. The molecule has 49 heavy (non-hydrogen) atoms. The van der Waals surface area contributed by atoms with E-state index in [0.717, 1.165) is 57.4 Å². The molecule has 0 saturated heterocycles. The minimum atomic E-state index is -0.0592. The Morgan fingerprint density at radius 1 is 0.653 bits per heavy atom. The fraction of sp³-hybridized carbons (Fsp3) is 0.841. The highest BCUT2D eigenvalue weighted by Crippen LogP contribution is 2.23. The van der Waals surface area contributed by atoms with E-state index in [-0.39, 0.29) is 11.9 Å². The summed E-state index contributed by atoms with van der Waals surface area (Å²) in [7, 11) is 2.23. The molecule has 0 aliphatic carbocycles. The summed E-state index contributed by atoms with van der Waals surface area (Å²) in [5.74, 6) is 1.73. The summed E-state index contributed by atoms with van der Waals surface area (Å²) < 4.78 is 11.0. The molecule has 0 amide bonds. The molecule has 0 aromatic heterocycles. The number of esters is 2. The maximum atomic E-state index is 12.3. The third-order valence-corrected chi connectivity index (χ3v) is 10.0. The summed E-state index contributed by atoms with van der Waals surface area (Å²) in [6.07, 6.45) is 30.3. The molecule has 0 aromatic rings. The van der Waals surface area contributed by atoms with Gasteiger partial charge < -0.3 is 14.4 Å². The SMILES string of the molecule is C=C=C=C=CC(CCCCC)CCOC(=O)CCCCCCCC(CCCCCCCC(=O)OCCC(C)CCCCC)CCN(C)CC. The van der Waals surface area contributed by atoms with Crippen LogP contribution in [0.3, 0.4) is 0 Å². The third kappa shape index (κ3) is 32.9. The number of ether oxygens (including phenoxy) is 2. The van der Waals surface area contributed by atoms with Crippen LogP contribution in [0.4, 0.5) is 0 Å². The first-order chi connectivity index (χ1) is 23.9. The van der Waals surface area contributed by atoms with Crippen LogP contribution < -0.4 is 0 Å². The summed E-state index contributed by atoms with van der Waals surface area (Å²) >= 11 is 0. The lowest BCUT2D eigenvalue weighted by molar-refractivity contribution is -0.145. The van der Waals surface area contributed by atoms with E-state index in [1.54, 1.807) is 0 Å². The average Bonchev–Trinajstić information content (AvgIpc) is 3.09. The number of nitrogens with zero attached hydrogens (tertiary/aromatic N) is 1. The molecule has 3 unspecified atom stereocenters. The summed E-state index contributed by atoms with van der Waals surface area (Å²) in [5.41, 5.74) is 8.40. The van der Waals surface area contributed by atoms with Crippen molar-refractivity contribution in [1.82, 2.24) is 4.90 Å². The number of rotatable bonds is 35. The van der Waals surface area contributed by atoms with Gasteiger partial charge in [-0.2, -0.15) is 0 Å². The second-order valence-corrected chi connectivity index (χ2v) is 14.7. The van der Waals surface area contributed by atoms with E-state index in [1.807, 2.05) is 6.08 Å². The molecule has 0 N–H and O–H groups in total. The van der Waals surface area contributed by atoms with E-state index in [1.165, 1.54) is 109 Å². The van der Waals surface area contributed by atoms with Gasteiger partial charge in [0.2, 0.25) is 0 Å². The summed E-state index contributed by atoms with van der Waals surface area (Å²) in [6.45, 7) is 15.8. The number of carbonyl (C=O) groups is 2. The van der Waals surface area contributed by atoms with Gasteiger partial charge in [-0.05, 0) is 94.8 Å². The van der Waals surface area contributed by atoms with Crippen LogP contribution in [0.5, 0.6) is 0 Å². The van der Waals surface area contributed by atoms with E-state index >= 15 is 0 Å². The van der Waals surface area contributed by atoms with E-state index < -0.39 is 0 Å². The molecule has 0 saturated carbocycles. The molecule has 0 aliphatic heterocycles. The summed E-state index contributed by atoms with van der Waals surface area (Å²) in [6, 6.07) is 0. The van der Waals surface area contributed by atoms with Crippen molar-refractivity contribution in [3.05, 3.63) is 29.8 Å². The largest absolute Gasteiger partial charge is 0.466 e. The normalized spacial score (nSPS) is 12.9. The van der Waals surface area contributed by atoms with Gasteiger partial charge in [0.1, 0.15) is 0 Å². The number of hydrogen-bond acceptors (Lipinski definition) is 5.